The summed E-state index contributed by atoms with van der Waals surface area (Å²) in [4.78, 5) is 12.1. The molecule has 9 nitrogen and oxygen atoms in total. The molecule has 1 aliphatic heterocycles. The van der Waals surface area contributed by atoms with E-state index in [0.717, 1.165) is 0 Å². The predicted molar refractivity (Wildman–Crippen MR) is 77.4 cm³/mol. The van der Waals surface area contributed by atoms with Crippen LogP contribution >= 0.6 is 0 Å². The van der Waals surface area contributed by atoms with E-state index in [9.17, 15) is 14.6 Å². The third-order valence-corrected chi connectivity index (χ3v) is 3.84. The molecule has 0 saturated carbocycles. The smallest absolute Gasteiger partial charge is 0.247 e. The van der Waals surface area contributed by atoms with Crippen molar-refractivity contribution in [3.63, 3.8) is 0 Å². The molecule has 3 rings (SSSR count). The van der Waals surface area contributed by atoms with Crippen LogP contribution in [0.15, 0.2) is 6.33 Å². The topological polar surface area (TPSA) is 129 Å². The van der Waals surface area contributed by atoms with Crippen molar-refractivity contribution in [2.75, 3.05) is 18.9 Å². The van der Waals surface area contributed by atoms with Crippen LogP contribution in [0.3, 0.4) is 0 Å². The highest BCUT2D eigenvalue weighted by Gasteiger charge is 2.55. The summed E-state index contributed by atoms with van der Waals surface area (Å²) in [5, 5.41) is 19.2. The van der Waals surface area contributed by atoms with E-state index in [1.165, 1.54) is 17.8 Å². The van der Waals surface area contributed by atoms with E-state index in [1.807, 2.05) is 0 Å². The zero-order valence-corrected chi connectivity index (χ0v) is 12.7. The number of anilines is 1. The zero-order chi connectivity index (χ0) is 16.8. The van der Waals surface area contributed by atoms with Crippen LogP contribution in [0.4, 0.5) is 10.3 Å². The number of fused-ring (bicyclic) bond motifs is 1. The van der Waals surface area contributed by atoms with Crippen molar-refractivity contribution in [1.82, 2.24) is 19.5 Å². The lowest BCUT2D eigenvalue weighted by atomic mass is 9.98. The molecule has 0 radical (unpaired) electrons. The highest BCUT2D eigenvalue weighted by molar-refractivity contribution is 5.77. The number of aliphatic hydroxyl groups excluding tert-OH is 2. The summed E-state index contributed by atoms with van der Waals surface area (Å²) < 4.78 is 27.0. The third-order valence-electron chi connectivity index (χ3n) is 3.84. The number of alkyl halides is 1. The zero-order valence-electron chi connectivity index (χ0n) is 12.7. The second-order valence-corrected chi connectivity index (χ2v) is 5.45. The molecule has 4 N–H and O–H groups in total. The van der Waals surface area contributed by atoms with Gasteiger partial charge in [0.15, 0.2) is 23.1 Å². The minimum absolute atomic E-state index is 0.0551. The first kappa shape index (κ1) is 15.8. The molecule has 0 aromatic carbocycles. The van der Waals surface area contributed by atoms with E-state index >= 15 is 0 Å². The number of nitrogens with zero attached hydrogens (tertiary/aromatic N) is 4. The summed E-state index contributed by atoms with van der Waals surface area (Å²) in [6, 6.07) is 0. The van der Waals surface area contributed by atoms with Crippen LogP contribution in [0.1, 0.15) is 20.1 Å². The fraction of sp³-hybridized carbons (Fsp3) is 0.615. The fourth-order valence-corrected chi connectivity index (χ4v) is 2.68. The lowest BCUT2D eigenvalue weighted by molar-refractivity contribution is -0.0566. The normalized spacial score (nSPS) is 30.9. The largest absolute Gasteiger partial charge is 0.476 e. The average Bonchev–Trinajstić information content (AvgIpc) is 3.00. The van der Waals surface area contributed by atoms with Crippen molar-refractivity contribution in [1.29, 1.82) is 0 Å². The molecular weight excluding hydrogens is 309 g/mol. The van der Waals surface area contributed by atoms with E-state index in [0.29, 0.717) is 12.1 Å². The minimum Gasteiger partial charge on any atom is -0.476 e. The molecule has 1 unspecified atom stereocenters. The summed E-state index contributed by atoms with van der Waals surface area (Å²) >= 11 is 0. The maximum absolute atomic E-state index is 14.9. The molecule has 2 aromatic heterocycles. The Hall–Kier alpha value is -2.04. The number of imidazole rings is 1. The van der Waals surface area contributed by atoms with Crippen molar-refractivity contribution in [2.24, 2.45) is 0 Å². The Bertz CT molecular complexity index is 722. The summed E-state index contributed by atoms with van der Waals surface area (Å²) in [6.07, 6.45) is -2.43. The van der Waals surface area contributed by atoms with Gasteiger partial charge in [-0.3, -0.25) is 4.57 Å². The van der Waals surface area contributed by atoms with Crippen molar-refractivity contribution in [3.05, 3.63) is 6.33 Å². The van der Waals surface area contributed by atoms with Gasteiger partial charge in [-0.15, -0.1) is 0 Å². The number of aromatic nitrogens is 4. The molecule has 0 bridgehead atoms. The first-order valence-electron chi connectivity index (χ1n) is 7.16. The average molecular weight is 327 g/mol. The number of ether oxygens (including phenoxy) is 2. The molecule has 2 aromatic rings. The summed E-state index contributed by atoms with van der Waals surface area (Å²) in [6.45, 7) is 2.81. The van der Waals surface area contributed by atoms with Gasteiger partial charge in [0.2, 0.25) is 11.8 Å². The summed E-state index contributed by atoms with van der Waals surface area (Å²) in [5.41, 5.74) is 4.05. The van der Waals surface area contributed by atoms with Gasteiger partial charge in [0, 0.05) is 0 Å². The first-order valence-corrected chi connectivity index (χ1v) is 7.16. The van der Waals surface area contributed by atoms with Crippen LogP contribution in [0.25, 0.3) is 11.2 Å². The minimum atomic E-state index is -2.15. The SMILES string of the molecule is CCOc1nc(N)nc2c1ncn2[C@@H]1OC(CO)[C@@H](O)[C@@]1(C)F. The van der Waals surface area contributed by atoms with Crippen LogP contribution < -0.4 is 10.5 Å². The molecule has 4 atom stereocenters. The monoisotopic (exact) mass is 327 g/mol. The van der Waals surface area contributed by atoms with E-state index in [4.69, 9.17) is 15.2 Å². The van der Waals surface area contributed by atoms with Crippen LogP contribution in [0.5, 0.6) is 5.88 Å². The van der Waals surface area contributed by atoms with E-state index in [2.05, 4.69) is 15.0 Å². The molecule has 1 saturated heterocycles. The number of halogens is 1. The highest BCUT2D eigenvalue weighted by atomic mass is 19.1. The van der Waals surface area contributed by atoms with Crippen molar-refractivity contribution >= 4 is 17.1 Å². The van der Waals surface area contributed by atoms with Crippen LogP contribution in [0.2, 0.25) is 0 Å². The Kier molecular flexibility index (Phi) is 3.82. The van der Waals surface area contributed by atoms with Gasteiger partial charge in [-0.25, -0.2) is 9.37 Å². The molecule has 3 heterocycles. The summed E-state index contributed by atoms with van der Waals surface area (Å²) in [5.74, 6) is 0.132. The van der Waals surface area contributed by atoms with Gasteiger partial charge >= 0.3 is 0 Å². The van der Waals surface area contributed by atoms with Gasteiger partial charge in [-0.2, -0.15) is 9.97 Å². The standard InChI is InChI=1S/C13H18FN5O4/c1-3-22-10-7-9(17-12(15)18-10)19(5-16-7)11-13(2,14)8(21)6(4-20)23-11/h5-6,8,11,20-21H,3-4H2,1-2H3,(H2,15,17,18)/t6?,8-,11-,13-/m1/s1. The van der Waals surface area contributed by atoms with Gasteiger partial charge < -0.3 is 25.4 Å². The molecule has 1 aliphatic rings. The van der Waals surface area contributed by atoms with Gasteiger partial charge in [-0.1, -0.05) is 0 Å². The van der Waals surface area contributed by atoms with Crippen LogP contribution in [0, 0.1) is 0 Å². The quantitative estimate of drug-likeness (QED) is 0.703. The Morgan fingerprint density at radius 1 is 1.52 bits per heavy atom. The van der Waals surface area contributed by atoms with E-state index in [1.54, 1.807) is 6.92 Å². The Morgan fingerprint density at radius 2 is 2.26 bits per heavy atom. The highest BCUT2D eigenvalue weighted by Crippen LogP contribution is 2.42. The molecule has 0 spiro atoms. The number of nitrogens with two attached hydrogens (primary N) is 1. The second kappa shape index (κ2) is 5.55. The molecule has 10 heteroatoms. The van der Waals surface area contributed by atoms with Gasteiger partial charge in [0.05, 0.1) is 19.5 Å². The Labute approximate surface area is 130 Å². The molecule has 1 fully saturated rings. The van der Waals surface area contributed by atoms with Crippen molar-refractivity contribution < 1.29 is 24.1 Å². The molecule has 23 heavy (non-hydrogen) atoms. The van der Waals surface area contributed by atoms with Gasteiger partial charge in [0.1, 0.15) is 12.2 Å². The lowest BCUT2D eigenvalue weighted by Gasteiger charge is -2.24. The maximum Gasteiger partial charge on any atom is 0.247 e. The number of nitrogen functional groups attached to an aromatic ring is 1. The fourth-order valence-electron chi connectivity index (χ4n) is 2.68. The number of rotatable bonds is 4. The van der Waals surface area contributed by atoms with Crippen LogP contribution in [-0.2, 0) is 4.74 Å². The number of hydrogen-bond acceptors (Lipinski definition) is 8. The lowest BCUT2D eigenvalue weighted by Crippen LogP contribution is -2.40. The maximum atomic E-state index is 14.9. The third kappa shape index (κ3) is 2.38. The Balaban J connectivity index is 2.10. The van der Waals surface area contributed by atoms with Gasteiger partial charge in [-0.05, 0) is 13.8 Å². The second-order valence-electron chi connectivity index (χ2n) is 5.45. The first-order chi connectivity index (χ1) is 10.9. The van der Waals surface area contributed by atoms with Gasteiger partial charge in [0.25, 0.3) is 0 Å². The number of hydrogen-bond donors (Lipinski definition) is 3. The van der Waals surface area contributed by atoms with Crippen molar-refractivity contribution in [2.45, 2.75) is 38.0 Å². The van der Waals surface area contributed by atoms with Crippen molar-refractivity contribution in [3.8, 4) is 5.88 Å². The Morgan fingerprint density at radius 3 is 2.87 bits per heavy atom. The predicted octanol–water partition coefficient (Wildman–Crippen LogP) is -0.214. The summed E-state index contributed by atoms with van der Waals surface area (Å²) in [7, 11) is 0. The molecule has 0 amide bonds. The van der Waals surface area contributed by atoms with E-state index < -0.39 is 30.7 Å². The van der Waals surface area contributed by atoms with E-state index in [-0.39, 0.29) is 17.5 Å². The number of aliphatic hydroxyl groups is 2. The molecule has 0 aliphatic carbocycles. The van der Waals surface area contributed by atoms with Crippen LogP contribution in [-0.4, -0.2) is 60.8 Å². The molecular formula is C13H18FN5O4. The molecule has 126 valence electrons.